The van der Waals surface area contributed by atoms with Crippen LogP contribution in [0.15, 0.2) is 45.6 Å². The van der Waals surface area contributed by atoms with E-state index in [0.29, 0.717) is 17.8 Å². The van der Waals surface area contributed by atoms with Crippen molar-refractivity contribution in [2.45, 2.75) is 25.7 Å². The predicted octanol–water partition coefficient (Wildman–Crippen LogP) is 3.79. The molecule has 2 heterocycles. The molecule has 0 aliphatic heterocycles. The number of carbonyl (C=O) groups is 1. The molecule has 2 rings (SSSR count). The van der Waals surface area contributed by atoms with Crippen LogP contribution in [0.25, 0.3) is 0 Å². The Bertz CT molecular complexity index is 535. The zero-order valence-electron chi connectivity index (χ0n) is 11.7. The van der Waals surface area contributed by atoms with Crippen molar-refractivity contribution in [3.8, 4) is 6.07 Å². The van der Waals surface area contributed by atoms with Gasteiger partial charge in [-0.05, 0) is 43.9 Å². The molecule has 0 saturated carbocycles. The molecule has 0 spiro atoms. The number of carbonyl (C=O) groups excluding carboxylic acids is 1. The highest BCUT2D eigenvalue weighted by Gasteiger charge is 2.23. The van der Waals surface area contributed by atoms with Crippen LogP contribution in [0, 0.1) is 11.3 Å². The predicted molar refractivity (Wildman–Crippen MR) is 75.6 cm³/mol. The summed E-state index contributed by atoms with van der Waals surface area (Å²) in [5.41, 5.74) is 0. The topological polar surface area (TPSA) is 76.4 Å². The Morgan fingerprint density at radius 3 is 2.25 bits per heavy atom. The molecule has 0 N–H and O–H groups in total. The normalized spacial score (nSPS) is 11.9. The summed E-state index contributed by atoms with van der Waals surface area (Å²) in [6.45, 7) is 6.13. The van der Waals surface area contributed by atoms with E-state index < -0.39 is 14.4 Å². The van der Waals surface area contributed by atoms with Crippen LogP contribution in [0.1, 0.15) is 22.4 Å². The van der Waals surface area contributed by atoms with Gasteiger partial charge in [0.25, 0.3) is 0 Å². The Morgan fingerprint density at radius 1 is 1.25 bits per heavy atom. The van der Waals surface area contributed by atoms with E-state index >= 15 is 0 Å². The van der Waals surface area contributed by atoms with E-state index in [-0.39, 0.29) is 0 Å². The Balaban J connectivity index is 0.000000240. The van der Waals surface area contributed by atoms with E-state index in [1.54, 1.807) is 30.5 Å². The highest BCUT2D eigenvalue weighted by Crippen LogP contribution is 2.21. The quantitative estimate of drug-likeness (QED) is 0.632. The van der Waals surface area contributed by atoms with E-state index in [4.69, 9.17) is 14.1 Å². The van der Waals surface area contributed by atoms with Crippen LogP contribution >= 0.6 is 0 Å². The molecule has 2 aromatic rings. The van der Waals surface area contributed by atoms with Gasteiger partial charge in [-0.3, -0.25) is 4.79 Å². The lowest BCUT2D eigenvalue weighted by atomic mass is 10.3. The van der Waals surface area contributed by atoms with Gasteiger partial charge >= 0.3 is 0 Å². The Kier molecular flexibility index (Phi) is 5.96. The number of furan rings is 2. The number of rotatable bonds is 4. The lowest BCUT2D eigenvalue weighted by Gasteiger charge is -2.19. The molecule has 20 heavy (non-hydrogen) atoms. The molecule has 0 aliphatic rings. The van der Waals surface area contributed by atoms with E-state index in [9.17, 15) is 4.79 Å². The van der Waals surface area contributed by atoms with Crippen LogP contribution in [0.3, 0.4) is 0 Å². The number of aldehydes is 1. The molecule has 0 saturated heterocycles. The largest absolute Gasteiger partial charge is 0.465 e. The maximum atomic E-state index is 9.77. The minimum absolute atomic E-state index is 0.375. The van der Waals surface area contributed by atoms with Gasteiger partial charge in [-0.1, -0.05) is 0 Å². The second kappa shape index (κ2) is 7.48. The molecule has 0 radical (unpaired) electrons. The van der Waals surface area contributed by atoms with Gasteiger partial charge in [-0.25, -0.2) is 0 Å². The van der Waals surface area contributed by atoms with Crippen LogP contribution in [0.2, 0.25) is 19.6 Å². The standard InChI is InChI=1S/C9H13NO2Si.C5H4O2/c1-13(2,3)12-9(7-10)8-5-4-6-11-8;6-4-5-2-1-3-7-5/h4-6,9H,1-3H3;1-4H. The van der Waals surface area contributed by atoms with Crippen LogP contribution < -0.4 is 0 Å². The summed E-state index contributed by atoms with van der Waals surface area (Å²) in [5.74, 6) is 0.963. The van der Waals surface area contributed by atoms with Crippen molar-refractivity contribution >= 4 is 14.6 Å². The molecule has 0 aliphatic carbocycles. The van der Waals surface area contributed by atoms with Crippen molar-refractivity contribution in [3.63, 3.8) is 0 Å². The summed E-state index contributed by atoms with van der Waals surface area (Å²) in [4.78, 5) is 9.77. The number of nitriles is 1. The Labute approximate surface area is 118 Å². The lowest BCUT2D eigenvalue weighted by molar-refractivity contribution is 0.110. The monoisotopic (exact) mass is 291 g/mol. The average molecular weight is 291 g/mol. The first-order chi connectivity index (χ1) is 9.46. The van der Waals surface area contributed by atoms with Crippen LogP contribution in [-0.4, -0.2) is 14.6 Å². The second-order valence-corrected chi connectivity index (χ2v) is 9.35. The van der Waals surface area contributed by atoms with Gasteiger partial charge in [-0.2, -0.15) is 5.26 Å². The Hall–Kier alpha value is -2.10. The van der Waals surface area contributed by atoms with Gasteiger partial charge in [-0.15, -0.1) is 0 Å². The minimum Gasteiger partial charge on any atom is -0.465 e. The first-order valence-corrected chi connectivity index (χ1v) is 9.46. The van der Waals surface area contributed by atoms with Crippen LogP contribution in [-0.2, 0) is 4.43 Å². The third-order valence-corrected chi connectivity index (χ3v) is 2.99. The highest BCUT2D eigenvalue weighted by molar-refractivity contribution is 6.69. The molecular formula is C14H17NO4Si. The fourth-order valence-corrected chi connectivity index (χ4v) is 2.18. The summed E-state index contributed by atoms with van der Waals surface area (Å²) in [6, 6.07) is 8.87. The van der Waals surface area contributed by atoms with Crippen molar-refractivity contribution in [2.24, 2.45) is 0 Å². The Morgan fingerprint density at radius 2 is 1.90 bits per heavy atom. The molecular weight excluding hydrogens is 274 g/mol. The fraction of sp³-hybridized carbons (Fsp3) is 0.286. The molecule has 2 aromatic heterocycles. The first-order valence-electron chi connectivity index (χ1n) is 6.06. The van der Waals surface area contributed by atoms with E-state index in [1.807, 2.05) is 19.6 Å². The van der Waals surface area contributed by atoms with Crippen molar-refractivity contribution in [2.75, 3.05) is 0 Å². The van der Waals surface area contributed by atoms with Crippen molar-refractivity contribution in [3.05, 3.63) is 48.3 Å². The highest BCUT2D eigenvalue weighted by atomic mass is 28.4. The zero-order valence-corrected chi connectivity index (χ0v) is 12.7. The van der Waals surface area contributed by atoms with E-state index in [2.05, 4.69) is 10.5 Å². The summed E-state index contributed by atoms with van der Waals surface area (Å²) < 4.78 is 15.3. The van der Waals surface area contributed by atoms with Gasteiger partial charge in [0.1, 0.15) is 11.8 Å². The molecule has 106 valence electrons. The molecule has 5 nitrogen and oxygen atoms in total. The third kappa shape index (κ3) is 5.69. The summed E-state index contributed by atoms with van der Waals surface area (Å²) in [6.07, 6.45) is 3.12. The lowest BCUT2D eigenvalue weighted by Crippen LogP contribution is -2.27. The van der Waals surface area contributed by atoms with Crippen LogP contribution in [0.4, 0.5) is 0 Å². The van der Waals surface area contributed by atoms with Crippen molar-refractivity contribution < 1.29 is 18.1 Å². The van der Waals surface area contributed by atoms with Gasteiger partial charge < -0.3 is 13.3 Å². The van der Waals surface area contributed by atoms with Crippen molar-refractivity contribution in [1.82, 2.24) is 0 Å². The SMILES string of the molecule is C[Si](C)(C)OC(C#N)c1ccco1.O=Cc1ccco1. The molecule has 1 atom stereocenters. The molecule has 0 bridgehead atoms. The smallest absolute Gasteiger partial charge is 0.192 e. The summed E-state index contributed by atoms with van der Waals surface area (Å²) in [7, 11) is -1.68. The molecule has 0 amide bonds. The summed E-state index contributed by atoms with van der Waals surface area (Å²) in [5, 5.41) is 8.85. The summed E-state index contributed by atoms with van der Waals surface area (Å²) >= 11 is 0. The number of nitrogens with zero attached hydrogens (tertiary/aromatic N) is 1. The zero-order chi connectivity index (χ0) is 15.0. The third-order valence-electron chi connectivity index (χ3n) is 2.05. The fourth-order valence-electron chi connectivity index (χ4n) is 1.30. The molecule has 0 aromatic carbocycles. The van der Waals surface area contributed by atoms with Gasteiger partial charge in [0.05, 0.1) is 12.5 Å². The molecule has 0 fully saturated rings. The average Bonchev–Trinajstić information content (AvgIpc) is 3.08. The van der Waals surface area contributed by atoms with E-state index in [1.165, 1.54) is 6.26 Å². The van der Waals surface area contributed by atoms with Crippen LogP contribution in [0.5, 0.6) is 0 Å². The number of hydrogen-bond donors (Lipinski definition) is 0. The second-order valence-electron chi connectivity index (χ2n) is 4.89. The number of hydrogen-bond acceptors (Lipinski definition) is 5. The maximum absolute atomic E-state index is 9.77. The maximum Gasteiger partial charge on any atom is 0.192 e. The van der Waals surface area contributed by atoms with E-state index in [0.717, 1.165) is 0 Å². The van der Waals surface area contributed by atoms with Gasteiger partial charge in [0.2, 0.25) is 0 Å². The first kappa shape index (κ1) is 16.0. The minimum atomic E-state index is -1.68. The van der Waals surface area contributed by atoms with Gasteiger partial charge in [0.15, 0.2) is 26.5 Å². The van der Waals surface area contributed by atoms with Gasteiger partial charge in [0, 0.05) is 0 Å². The molecule has 6 heteroatoms. The van der Waals surface area contributed by atoms with Crippen molar-refractivity contribution in [1.29, 1.82) is 5.26 Å². The molecule has 1 unspecified atom stereocenters.